The molecule has 0 aliphatic heterocycles. The van der Waals surface area contributed by atoms with Crippen LogP contribution in [-0.4, -0.2) is 22.6 Å². The summed E-state index contributed by atoms with van der Waals surface area (Å²) in [4.78, 5) is 15.6. The Morgan fingerprint density at radius 2 is 2.35 bits per heavy atom. The van der Waals surface area contributed by atoms with Gasteiger partial charge in [0.15, 0.2) is 11.5 Å². The summed E-state index contributed by atoms with van der Waals surface area (Å²) in [5.41, 5.74) is 2.12. The normalized spacial score (nSPS) is 10.7. The van der Waals surface area contributed by atoms with Gasteiger partial charge >= 0.3 is 0 Å². The summed E-state index contributed by atoms with van der Waals surface area (Å²) < 4.78 is 5.34. The first-order valence-electron chi connectivity index (χ1n) is 5.47. The quantitative estimate of drug-likeness (QED) is 0.846. The van der Waals surface area contributed by atoms with E-state index in [9.17, 15) is 4.79 Å². The summed E-state index contributed by atoms with van der Waals surface area (Å²) >= 11 is 0. The molecule has 1 aromatic heterocycles. The molecule has 0 bridgehead atoms. The van der Waals surface area contributed by atoms with Gasteiger partial charge in [0.05, 0.1) is 0 Å². The third-order valence-corrected chi connectivity index (χ3v) is 2.34. The monoisotopic (exact) mass is 234 g/mol. The van der Waals surface area contributed by atoms with E-state index in [1.54, 1.807) is 25.1 Å². The topological polar surface area (TPSA) is 75.4 Å². The zero-order valence-electron chi connectivity index (χ0n) is 9.56. The van der Waals surface area contributed by atoms with Gasteiger partial charge in [-0.2, -0.15) is 0 Å². The fourth-order valence-corrected chi connectivity index (χ4v) is 1.58. The van der Waals surface area contributed by atoms with Crippen molar-refractivity contribution in [3.63, 3.8) is 0 Å². The molecule has 5 heteroatoms. The molecule has 1 amide bonds. The van der Waals surface area contributed by atoms with E-state index in [0.717, 1.165) is 5.52 Å². The summed E-state index contributed by atoms with van der Waals surface area (Å²) in [6.07, 6.45) is 0.781. The molecule has 0 fully saturated rings. The van der Waals surface area contributed by atoms with Crippen LogP contribution in [0.25, 0.3) is 11.1 Å². The minimum atomic E-state index is -0.112. The van der Waals surface area contributed by atoms with Crippen molar-refractivity contribution in [3.05, 3.63) is 24.1 Å². The predicted octanol–water partition coefficient (Wildman–Crippen LogP) is 1.85. The van der Waals surface area contributed by atoms with Crippen LogP contribution in [-0.2, 0) is 4.79 Å². The zero-order valence-corrected chi connectivity index (χ0v) is 9.56. The van der Waals surface area contributed by atoms with Crippen LogP contribution in [0.3, 0.4) is 0 Å². The molecule has 2 N–H and O–H groups in total. The summed E-state index contributed by atoms with van der Waals surface area (Å²) in [5, 5.41) is 11.4. The molecule has 0 spiro atoms. The van der Waals surface area contributed by atoms with Crippen LogP contribution in [0.1, 0.15) is 18.7 Å². The van der Waals surface area contributed by atoms with Gasteiger partial charge in [-0.3, -0.25) is 4.79 Å². The molecule has 0 saturated carbocycles. The summed E-state index contributed by atoms with van der Waals surface area (Å²) in [6.45, 7) is 1.80. The Bertz CT molecular complexity index is 534. The second-order valence-corrected chi connectivity index (χ2v) is 3.79. The number of carbonyl (C=O) groups is 1. The van der Waals surface area contributed by atoms with E-state index >= 15 is 0 Å². The van der Waals surface area contributed by atoms with Gasteiger partial charge in [0, 0.05) is 25.6 Å². The molecule has 1 aromatic carbocycles. The fraction of sp³-hybridized carbons (Fsp3) is 0.333. The molecule has 0 atom stereocenters. The van der Waals surface area contributed by atoms with Crippen LogP contribution in [0.2, 0.25) is 0 Å². The van der Waals surface area contributed by atoms with Gasteiger partial charge in [0.1, 0.15) is 5.52 Å². The Hall–Kier alpha value is -1.88. The second kappa shape index (κ2) is 4.97. The molecule has 0 radical (unpaired) electrons. The van der Waals surface area contributed by atoms with E-state index in [-0.39, 0.29) is 12.5 Å². The average molecular weight is 234 g/mol. The number of amides is 1. The highest BCUT2D eigenvalue weighted by Gasteiger charge is 2.05. The number of rotatable bonds is 4. The van der Waals surface area contributed by atoms with E-state index in [4.69, 9.17) is 9.52 Å². The highest BCUT2D eigenvalue weighted by Crippen LogP contribution is 2.19. The Morgan fingerprint density at radius 1 is 1.53 bits per heavy atom. The van der Waals surface area contributed by atoms with E-state index in [1.165, 1.54) is 0 Å². The first kappa shape index (κ1) is 11.6. The highest BCUT2D eigenvalue weighted by atomic mass is 16.3. The van der Waals surface area contributed by atoms with Crippen LogP contribution < -0.4 is 5.32 Å². The van der Waals surface area contributed by atoms with Crippen molar-refractivity contribution in [2.45, 2.75) is 19.8 Å². The largest absolute Gasteiger partial charge is 0.441 e. The van der Waals surface area contributed by atoms with Gasteiger partial charge in [0.25, 0.3) is 0 Å². The Labute approximate surface area is 98.5 Å². The first-order chi connectivity index (χ1) is 8.19. The minimum Gasteiger partial charge on any atom is -0.441 e. The van der Waals surface area contributed by atoms with Gasteiger partial charge in [-0.05, 0) is 24.6 Å². The lowest BCUT2D eigenvalue weighted by Crippen LogP contribution is -2.11. The predicted molar refractivity (Wildman–Crippen MR) is 63.7 cm³/mol. The number of aliphatic hydroxyl groups excluding tert-OH is 1. The van der Waals surface area contributed by atoms with Gasteiger partial charge in [-0.15, -0.1) is 0 Å². The number of benzene rings is 1. The number of fused-ring (bicyclic) bond motifs is 1. The number of nitrogens with zero attached hydrogens (tertiary/aromatic N) is 1. The van der Waals surface area contributed by atoms with Gasteiger partial charge in [0.2, 0.25) is 5.91 Å². The van der Waals surface area contributed by atoms with Crippen molar-refractivity contribution in [2.24, 2.45) is 0 Å². The van der Waals surface area contributed by atoms with Gasteiger partial charge in [-0.25, -0.2) is 4.98 Å². The molecule has 0 saturated heterocycles. The number of oxazole rings is 1. The van der Waals surface area contributed by atoms with E-state index in [2.05, 4.69) is 10.3 Å². The van der Waals surface area contributed by atoms with Crippen molar-refractivity contribution >= 4 is 22.7 Å². The number of aromatic nitrogens is 1. The molecule has 2 aromatic rings. The van der Waals surface area contributed by atoms with Crippen LogP contribution in [0.5, 0.6) is 0 Å². The number of anilines is 1. The number of hydrogen-bond donors (Lipinski definition) is 2. The van der Waals surface area contributed by atoms with Crippen molar-refractivity contribution in [3.8, 4) is 0 Å². The van der Waals surface area contributed by atoms with Crippen molar-refractivity contribution in [1.82, 2.24) is 4.98 Å². The number of hydrogen-bond acceptors (Lipinski definition) is 4. The van der Waals surface area contributed by atoms with Gasteiger partial charge in [-0.1, -0.05) is 0 Å². The maximum Gasteiger partial charge on any atom is 0.224 e. The first-order valence-corrected chi connectivity index (χ1v) is 5.47. The van der Waals surface area contributed by atoms with E-state index in [1.807, 2.05) is 0 Å². The number of carbonyl (C=O) groups excluding carboxylic acids is 1. The molecule has 2 rings (SSSR count). The molecular formula is C12H14N2O3. The summed E-state index contributed by atoms with van der Waals surface area (Å²) in [7, 11) is 0. The molecule has 5 nitrogen and oxygen atoms in total. The van der Waals surface area contributed by atoms with Crippen LogP contribution in [0.15, 0.2) is 22.6 Å². The molecule has 0 aliphatic rings. The molecule has 0 unspecified atom stereocenters. The molecular weight excluding hydrogens is 220 g/mol. The maximum absolute atomic E-state index is 11.4. The molecule has 0 aliphatic carbocycles. The fourth-order valence-electron chi connectivity index (χ4n) is 1.58. The molecule has 90 valence electrons. The van der Waals surface area contributed by atoms with Crippen molar-refractivity contribution in [1.29, 1.82) is 0 Å². The standard InChI is InChI=1S/C12H14N2O3/c1-8-13-10-7-9(4-5-11(10)17-8)14-12(16)3-2-6-15/h4-5,7,15H,2-3,6H2,1H3,(H,14,16). The second-order valence-electron chi connectivity index (χ2n) is 3.79. The number of aryl methyl sites for hydroxylation is 1. The Balaban J connectivity index is 2.10. The summed E-state index contributed by atoms with van der Waals surface area (Å²) in [5.74, 6) is 0.488. The van der Waals surface area contributed by atoms with Gasteiger partial charge < -0.3 is 14.8 Å². The lowest BCUT2D eigenvalue weighted by atomic mass is 10.2. The zero-order chi connectivity index (χ0) is 12.3. The van der Waals surface area contributed by atoms with E-state index in [0.29, 0.717) is 30.0 Å². The van der Waals surface area contributed by atoms with Crippen molar-refractivity contribution < 1.29 is 14.3 Å². The van der Waals surface area contributed by atoms with Crippen LogP contribution >= 0.6 is 0 Å². The average Bonchev–Trinajstić information content (AvgIpc) is 2.65. The maximum atomic E-state index is 11.4. The Morgan fingerprint density at radius 3 is 3.12 bits per heavy atom. The lowest BCUT2D eigenvalue weighted by Gasteiger charge is -2.03. The Kier molecular flexibility index (Phi) is 3.39. The highest BCUT2D eigenvalue weighted by molar-refractivity contribution is 5.92. The van der Waals surface area contributed by atoms with E-state index < -0.39 is 0 Å². The van der Waals surface area contributed by atoms with Crippen LogP contribution in [0, 0.1) is 6.92 Å². The third kappa shape index (κ3) is 2.82. The smallest absolute Gasteiger partial charge is 0.224 e. The van der Waals surface area contributed by atoms with Crippen molar-refractivity contribution in [2.75, 3.05) is 11.9 Å². The van der Waals surface area contributed by atoms with Crippen LogP contribution in [0.4, 0.5) is 5.69 Å². The molecule has 17 heavy (non-hydrogen) atoms. The summed E-state index contributed by atoms with van der Waals surface area (Å²) in [6, 6.07) is 5.31. The number of nitrogens with one attached hydrogen (secondary N) is 1. The third-order valence-electron chi connectivity index (χ3n) is 2.34. The minimum absolute atomic E-state index is 0.0228. The molecule has 1 heterocycles. The number of aliphatic hydroxyl groups is 1. The SMILES string of the molecule is Cc1nc2cc(NC(=O)CCCO)ccc2o1. The lowest BCUT2D eigenvalue weighted by molar-refractivity contribution is -0.116.